The second kappa shape index (κ2) is 6.26. The average Bonchev–Trinajstić information content (AvgIpc) is 3.29. The molecular weight excluding hydrogens is 336 g/mol. The topological polar surface area (TPSA) is 82.1 Å². The van der Waals surface area contributed by atoms with Gasteiger partial charge in [0, 0.05) is 17.8 Å². The number of carboxylic acids is 1. The van der Waals surface area contributed by atoms with E-state index in [2.05, 4.69) is 10.3 Å². The van der Waals surface area contributed by atoms with Gasteiger partial charge in [0.25, 0.3) is 0 Å². The van der Waals surface area contributed by atoms with Gasteiger partial charge in [0.05, 0.1) is 10.6 Å². The molecule has 2 aliphatic carbocycles. The number of amides is 1. The van der Waals surface area contributed by atoms with Crippen molar-refractivity contribution in [3.05, 3.63) is 36.0 Å². The van der Waals surface area contributed by atoms with Crippen LogP contribution in [0, 0.1) is 30.6 Å². The first-order valence-electron chi connectivity index (χ1n) is 8.59. The lowest BCUT2D eigenvalue weighted by Gasteiger charge is -2.30. The Hall–Kier alpha value is -2.21. The highest BCUT2D eigenvalue weighted by molar-refractivity contribution is 7.19. The van der Waals surface area contributed by atoms with Gasteiger partial charge >= 0.3 is 0 Å². The smallest absolute Gasteiger partial charge is 0.230 e. The Morgan fingerprint density at radius 3 is 2.52 bits per heavy atom. The molecule has 1 aromatic carbocycles. The van der Waals surface area contributed by atoms with Gasteiger partial charge in [0.2, 0.25) is 5.91 Å². The fourth-order valence-electron chi connectivity index (χ4n) is 4.50. The minimum Gasteiger partial charge on any atom is -0.550 e. The lowest BCUT2D eigenvalue weighted by molar-refractivity contribution is -0.314. The minimum absolute atomic E-state index is 0.0867. The van der Waals surface area contributed by atoms with Gasteiger partial charge in [-0.15, -0.1) is 0 Å². The number of rotatable bonds is 4. The molecular formula is C19H19N2O3S-. The molecule has 1 N–H and O–H groups in total. The van der Waals surface area contributed by atoms with E-state index in [9.17, 15) is 14.7 Å². The predicted octanol–water partition coefficient (Wildman–Crippen LogP) is 2.47. The van der Waals surface area contributed by atoms with Crippen LogP contribution in [-0.4, -0.2) is 16.9 Å². The summed E-state index contributed by atoms with van der Waals surface area (Å²) in [4.78, 5) is 29.7. The third kappa shape index (κ3) is 2.84. The van der Waals surface area contributed by atoms with Gasteiger partial charge in [0.15, 0.2) is 5.13 Å². The third-order valence-electron chi connectivity index (χ3n) is 5.55. The number of hydrogen-bond donors (Lipinski definition) is 1. The van der Waals surface area contributed by atoms with Gasteiger partial charge in [-0.3, -0.25) is 4.79 Å². The molecule has 0 aliphatic heterocycles. The molecule has 2 saturated carbocycles. The molecule has 0 radical (unpaired) electrons. The van der Waals surface area contributed by atoms with Gasteiger partial charge in [0.1, 0.15) is 0 Å². The number of anilines is 1. The van der Waals surface area contributed by atoms with E-state index in [0.717, 1.165) is 35.4 Å². The van der Waals surface area contributed by atoms with Crippen LogP contribution in [0.5, 0.6) is 0 Å². The molecule has 2 aromatic rings. The third-order valence-corrected chi connectivity index (χ3v) is 6.68. The summed E-state index contributed by atoms with van der Waals surface area (Å²) in [6, 6.07) is 9.90. The zero-order valence-corrected chi connectivity index (χ0v) is 14.7. The molecule has 4 rings (SSSR count). The summed E-state index contributed by atoms with van der Waals surface area (Å²) in [5.41, 5.74) is 1.92. The largest absolute Gasteiger partial charge is 0.550 e. The van der Waals surface area contributed by atoms with Crippen molar-refractivity contribution in [2.24, 2.45) is 23.7 Å². The molecule has 1 aromatic heterocycles. The molecule has 1 heterocycles. The molecule has 0 saturated heterocycles. The number of carbonyl (C=O) groups excluding carboxylic acids is 2. The number of carbonyl (C=O) groups is 2. The quantitative estimate of drug-likeness (QED) is 0.913. The van der Waals surface area contributed by atoms with E-state index in [1.807, 2.05) is 37.3 Å². The van der Waals surface area contributed by atoms with Crippen LogP contribution >= 0.6 is 11.3 Å². The number of fused-ring (bicyclic) bond motifs is 2. The number of nitrogens with zero attached hydrogens (tertiary/aromatic N) is 1. The maximum atomic E-state index is 12.7. The van der Waals surface area contributed by atoms with E-state index < -0.39 is 17.8 Å². The predicted molar refractivity (Wildman–Crippen MR) is 93.7 cm³/mol. The van der Waals surface area contributed by atoms with E-state index >= 15 is 0 Å². The number of thiazole rings is 1. The number of benzene rings is 1. The highest BCUT2D eigenvalue weighted by atomic mass is 32.1. The lowest BCUT2D eigenvalue weighted by atomic mass is 9.79. The summed E-state index contributed by atoms with van der Waals surface area (Å²) in [5, 5.41) is 14.9. The number of aliphatic carboxylic acids is 1. The van der Waals surface area contributed by atoms with Crippen molar-refractivity contribution in [1.29, 1.82) is 0 Å². The first kappa shape index (κ1) is 16.3. The van der Waals surface area contributed by atoms with Gasteiger partial charge in [-0.25, -0.2) is 4.98 Å². The van der Waals surface area contributed by atoms with Crippen molar-refractivity contribution in [2.75, 3.05) is 5.32 Å². The van der Waals surface area contributed by atoms with Crippen LogP contribution in [0.1, 0.15) is 25.0 Å². The molecule has 5 nitrogen and oxygen atoms in total. The Morgan fingerprint density at radius 1 is 1.16 bits per heavy atom. The second-order valence-electron chi connectivity index (χ2n) is 6.99. The van der Waals surface area contributed by atoms with E-state index in [0.29, 0.717) is 5.13 Å². The summed E-state index contributed by atoms with van der Waals surface area (Å²) in [5.74, 6) is -2.23. The van der Waals surface area contributed by atoms with Crippen LogP contribution in [0.4, 0.5) is 5.13 Å². The summed E-state index contributed by atoms with van der Waals surface area (Å²) in [7, 11) is 0. The Balaban J connectivity index is 1.55. The molecule has 0 spiro atoms. The fourth-order valence-corrected chi connectivity index (χ4v) is 5.48. The van der Waals surface area contributed by atoms with Crippen LogP contribution in [-0.2, 0) is 9.59 Å². The standard InChI is InChI=1S/C19H20N2O3S/c1-10-16(11-5-3-2-4-6-11)25-19(20-10)21-17(22)14-12-7-8-13(9-12)15(14)18(23)24/h2-6,12-15H,7-9H2,1H3,(H,23,24)(H,20,21,22)/p-1/t12-,13+,14-,15+/m1/s1. The van der Waals surface area contributed by atoms with E-state index in [-0.39, 0.29) is 17.7 Å². The molecule has 4 atom stereocenters. The van der Waals surface area contributed by atoms with Crippen LogP contribution in [0.2, 0.25) is 0 Å². The first-order chi connectivity index (χ1) is 12.0. The van der Waals surface area contributed by atoms with Crippen molar-refractivity contribution < 1.29 is 14.7 Å². The summed E-state index contributed by atoms with van der Waals surface area (Å²) >= 11 is 1.42. The van der Waals surface area contributed by atoms with Crippen molar-refractivity contribution in [2.45, 2.75) is 26.2 Å². The molecule has 2 fully saturated rings. The first-order valence-corrected chi connectivity index (χ1v) is 9.41. The number of carboxylic acid groups (broad SMARTS) is 1. The van der Waals surface area contributed by atoms with Gasteiger partial charge in [-0.05, 0) is 43.6 Å². The average molecular weight is 355 g/mol. The fraction of sp³-hybridized carbons (Fsp3) is 0.421. The second-order valence-corrected chi connectivity index (χ2v) is 7.99. The number of hydrogen-bond acceptors (Lipinski definition) is 5. The zero-order chi connectivity index (χ0) is 17.6. The molecule has 1 amide bonds. The lowest BCUT2D eigenvalue weighted by Crippen LogP contribution is -2.43. The maximum Gasteiger partial charge on any atom is 0.230 e. The normalized spacial score (nSPS) is 27.4. The van der Waals surface area contributed by atoms with Crippen LogP contribution in [0.25, 0.3) is 10.4 Å². The Labute approximate surface area is 150 Å². The maximum absolute atomic E-state index is 12.7. The van der Waals surface area contributed by atoms with Crippen molar-refractivity contribution in [3.63, 3.8) is 0 Å². The molecule has 6 heteroatoms. The highest BCUT2D eigenvalue weighted by Gasteiger charge is 2.51. The summed E-state index contributed by atoms with van der Waals surface area (Å²) in [6.45, 7) is 1.91. The van der Waals surface area contributed by atoms with Gasteiger partial charge in [-0.2, -0.15) is 0 Å². The van der Waals surface area contributed by atoms with E-state index in [4.69, 9.17) is 0 Å². The van der Waals surface area contributed by atoms with E-state index in [1.165, 1.54) is 11.3 Å². The molecule has 25 heavy (non-hydrogen) atoms. The Kier molecular flexibility index (Phi) is 4.07. The van der Waals surface area contributed by atoms with Gasteiger partial charge in [-0.1, -0.05) is 41.7 Å². The highest BCUT2D eigenvalue weighted by Crippen LogP contribution is 2.52. The summed E-state index contributed by atoms with van der Waals surface area (Å²) < 4.78 is 0. The summed E-state index contributed by atoms with van der Waals surface area (Å²) in [6.07, 6.45) is 2.64. The number of aryl methyl sites for hydroxylation is 1. The molecule has 2 aliphatic rings. The molecule has 2 bridgehead atoms. The Morgan fingerprint density at radius 2 is 1.84 bits per heavy atom. The zero-order valence-electron chi connectivity index (χ0n) is 13.9. The Bertz CT molecular complexity index is 817. The van der Waals surface area contributed by atoms with Crippen molar-refractivity contribution in [3.8, 4) is 10.4 Å². The van der Waals surface area contributed by atoms with Crippen molar-refractivity contribution in [1.82, 2.24) is 4.98 Å². The van der Waals surface area contributed by atoms with Gasteiger partial charge < -0.3 is 15.2 Å². The SMILES string of the molecule is Cc1nc(NC(=O)[C@@H]2[C@@H]3CC[C@@H](C3)[C@@H]2C(=O)[O-])sc1-c1ccccc1. The molecule has 0 unspecified atom stereocenters. The monoisotopic (exact) mass is 355 g/mol. The van der Waals surface area contributed by atoms with Crippen LogP contribution in [0.3, 0.4) is 0 Å². The van der Waals surface area contributed by atoms with Crippen molar-refractivity contribution >= 4 is 28.3 Å². The van der Waals surface area contributed by atoms with Crippen LogP contribution < -0.4 is 10.4 Å². The molecule has 130 valence electrons. The number of nitrogens with one attached hydrogen (secondary N) is 1. The number of aromatic nitrogens is 1. The van der Waals surface area contributed by atoms with Crippen LogP contribution in [0.15, 0.2) is 30.3 Å². The minimum atomic E-state index is -1.09. The van der Waals surface area contributed by atoms with E-state index in [1.54, 1.807) is 0 Å².